The minimum absolute atomic E-state index is 0.213. The number of fused-ring (bicyclic) bond motifs is 2. The maximum absolute atomic E-state index is 12.9. The van der Waals surface area contributed by atoms with Gasteiger partial charge in [0.1, 0.15) is 5.82 Å². The van der Waals surface area contributed by atoms with Crippen molar-refractivity contribution >= 4 is 22.4 Å². The SMILES string of the molecule is Cn1nc(C(=O)Nc2ccc(-c3nnc4n3CCCCC4)cc2)c2ccccc2c1=O. The molecule has 1 N–H and O–H groups in total. The summed E-state index contributed by atoms with van der Waals surface area (Å²) in [6.45, 7) is 0.932. The smallest absolute Gasteiger partial charge is 0.276 e. The molecule has 5 rings (SSSR count). The average molecular weight is 414 g/mol. The van der Waals surface area contributed by atoms with E-state index >= 15 is 0 Å². The molecule has 0 bridgehead atoms. The molecule has 4 aromatic rings. The van der Waals surface area contributed by atoms with Gasteiger partial charge < -0.3 is 9.88 Å². The molecule has 8 heteroatoms. The second kappa shape index (κ2) is 7.79. The number of hydrogen-bond donors (Lipinski definition) is 1. The van der Waals surface area contributed by atoms with E-state index in [1.54, 1.807) is 31.3 Å². The Morgan fingerprint density at radius 1 is 0.968 bits per heavy atom. The van der Waals surface area contributed by atoms with Gasteiger partial charge >= 0.3 is 0 Å². The van der Waals surface area contributed by atoms with Gasteiger partial charge in [-0.15, -0.1) is 10.2 Å². The zero-order valence-corrected chi connectivity index (χ0v) is 17.2. The molecule has 0 spiro atoms. The lowest BCUT2D eigenvalue weighted by atomic mass is 10.1. The van der Waals surface area contributed by atoms with Gasteiger partial charge in [0.05, 0.1) is 5.39 Å². The first-order valence-electron chi connectivity index (χ1n) is 10.4. The number of anilines is 1. The van der Waals surface area contributed by atoms with Gasteiger partial charge in [0.2, 0.25) is 0 Å². The zero-order valence-electron chi connectivity index (χ0n) is 17.2. The van der Waals surface area contributed by atoms with Gasteiger partial charge in [0.15, 0.2) is 11.5 Å². The number of aryl methyl sites for hydroxylation is 2. The Kier molecular flexibility index (Phi) is 4.82. The molecule has 0 saturated carbocycles. The maximum atomic E-state index is 12.9. The normalized spacial score (nSPS) is 13.6. The van der Waals surface area contributed by atoms with Crippen LogP contribution in [0, 0.1) is 0 Å². The van der Waals surface area contributed by atoms with Crippen molar-refractivity contribution in [3.05, 3.63) is 70.4 Å². The maximum Gasteiger partial charge on any atom is 0.276 e. The number of hydrogen-bond acceptors (Lipinski definition) is 5. The molecule has 3 heterocycles. The highest BCUT2D eigenvalue weighted by molar-refractivity contribution is 6.11. The predicted octanol–water partition coefficient (Wildman–Crippen LogP) is 3.17. The summed E-state index contributed by atoms with van der Waals surface area (Å²) in [6, 6.07) is 14.6. The van der Waals surface area contributed by atoms with Gasteiger partial charge in [-0.25, -0.2) is 4.68 Å². The van der Waals surface area contributed by atoms with Crippen molar-refractivity contribution in [2.45, 2.75) is 32.2 Å². The van der Waals surface area contributed by atoms with Crippen LogP contribution in [-0.2, 0) is 20.0 Å². The topological polar surface area (TPSA) is 94.7 Å². The lowest BCUT2D eigenvalue weighted by molar-refractivity contribution is 0.102. The van der Waals surface area contributed by atoms with E-state index in [4.69, 9.17) is 0 Å². The highest BCUT2D eigenvalue weighted by atomic mass is 16.2. The van der Waals surface area contributed by atoms with Crippen molar-refractivity contribution in [3.63, 3.8) is 0 Å². The summed E-state index contributed by atoms with van der Waals surface area (Å²) in [4.78, 5) is 25.2. The fraction of sp³-hybridized carbons (Fsp3) is 0.261. The van der Waals surface area contributed by atoms with Crippen LogP contribution in [0.25, 0.3) is 22.2 Å². The Balaban J connectivity index is 1.42. The van der Waals surface area contributed by atoms with Crippen molar-refractivity contribution in [3.8, 4) is 11.4 Å². The quantitative estimate of drug-likeness (QED) is 0.556. The monoisotopic (exact) mass is 414 g/mol. The highest BCUT2D eigenvalue weighted by Gasteiger charge is 2.18. The molecule has 0 saturated heterocycles. The molecule has 2 aromatic heterocycles. The fourth-order valence-corrected chi connectivity index (χ4v) is 4.06. The van der Waals surface area contributed by atoms with Gasteiger partial charge in [0, 0.05) is 36.7 Å². The largest absolute Gasteiger partial charge is 0.321 e. The summed E-state index contributed by atoms with van der Waals surface area (Å²) in [5, 5.41) is 16.8. The van der Waals surface area contributed by atoms with Crippen LogP contribution in [0.5, 0.6) is 0 Å². The first kappa shape index (κ1) is 19.2. The van der Waals surface area contributed by atoms with E-state index < -0.39 is 0 Å². The van der Waals surface area contributed by atoms with Crippen LogP contribution in [0.2, 0.25) is 0 Å². The van der Waals surface area contributed by atoms with Crippen LogP contribution in [0.15, 0.2) is 53.3 Å². The van der Waals surface area contributed by atoms with E-state index in [2.05, 4.69) is 25.2 Å². The number of benzene rings is 2. The predicted molar refractivity (Wildman–Crippen MR) is 118 cm³/mol. The Morgan fingerprint density at radius 2 is 1.74 bits per heavy atom. The molecule has 1 aliphatic heterocycles. The van der Waals surface area contributed by atoms with E-state index in [1.165, 1.54) is 11.1 Å². The van der Waals surface area contributed by atoms with E-state index in [0.717, 1.165) is 43.0 Å². The van der Waals surface area contributed by atoms with Crippen molar-refractivity contribution in [2.75, 3.05) is 5.32 Å². The lowest BCUT2D eigenvalue weighted by Gasteiger charge is -2.10. The van der Waals surface area contributed by atoms with E-state index in [1.807, 2.05) is 24.3 Å². The highest BCUT2D eigenvalue weighted by Crippen LogP contribution is 2.24. The zero-order chi connectivity index (χ0) is 21.4. The van der Waals surface area contributed by atoms with Gasteiger partial charge in [-0.1, -0.05) is 24.6 Å². The number of carbonyl (C=O) groups excluding carboxylic acids is 1. The van der Waals surface area contributed by atoms with Crippen LogP contribution in [-0.4, -0.2) is 30.5 Å². The Hall–Kier alpha value is -3.81. The average Bonchev–Trinajstić information content (AvgIpc) is 3.04. The third-order valence-corrected chi connectivity index (χ3v) is 5.68. The molecule has 1 aliphatic rings. The number of carbonyl (C=O) groups is 1. The van der Waals surface area contributed by atoms with Crippen LogP contribution in [0.4, 0.5) is 5.69 Å². The standard InChI is InChI=1S/C23H22N6O2/c1-28-23(31)18-8-5-4-7-17(18)20(27-28)22(30)24-16-12-10-15(11-13-16)21-26-25-19-9-3-2-6-14-29(19)21/h4-5,7-8,10-13H,2-3,6,9,14H2,1H3,(H,24,30). The van der Waals surface area contributed by atoms with Crippen molar-refractivity contribution in [1.29, 1.82) is 0 Å². The third-order valence-electron chi connectivity index (χ3n) is 5.68. The number of rotatable bonds is 3. The van der Waals surface area contributed by atoms with Gasteiger partial charge in [-0.05, 0) is 43.2 Å². The molecular weight excluding hydrogens is 392 g/mol. The molecule has 1 amide bonds. The van der Waals surface area contributed by atoms with Crippen LogP contribution >= 0.6 is 0 Å². The van der Waals surface area contributed by atoms with E-state index in [0.29, 0.717) is 16.5 Å². The van der Waals surface area contributed by atoms with Gasteiger partial charge in [0.25, 0.3) is 11.5 Å². The number of nitrogens with zero attached hydrogens (tertiary/aromatic N) is 5. The summed E-state index contributed by atoms with van der Waals surface area (Å²) >= 11 is 0. The van der Waals surface area contributed by atoms with Crippen molar-refractivity contribution in [1.82, 2.24) is 24.5 Å². The second-order valence-corrected chi connectivity index (χ2v) is 7.76. The molecule has 0 aliphatic carbocycles. The van der Waals surface area contributed by atoms with Gasteiger partial charge in [-0.2, -0.15) is 5.10 Å². The van der Waals surface area contributed by atoms with Crippen LogP contribution in [0.1, 0.15) is 35.6 Å². The first-order valence-corrected chi connectivity index (χ1v) is 10.4. The lowest BCUT2D eigenvalue weighted by Crippen LogP contribution is -2.25. The van der Waals surface area contributed by atoms with Crippen LogP contribution in [0.3, 0.4) is 0 Å². The molecule has 31 heavy (non-hydrogen) atoms. The minimum Gasteiger partial charge on any atom is -0.321 e. The summed E-state index contributed by atoms with van der Waals surface area (Å²) in [5.41, 5.74) is 1.59. The third kappa shape index (κ3) is 3.50. The first-order chi connectivity index (χ1) is 15.1. The minimum atomic E-state index is -0.365. The molecule has 0 atom stereocenters. The van der Waals surface area contributed by atoms with Crippen molar-refractivity contribution in [2.24, 2.45) is 7.05 Å². The molecular formula is C23H22N6O2. The Morgan fingerprint density at radius 3 is 2.55 bits per heavy atom. The Labute approximate surface area is 178 Å². The van der Waals surface area contributed by atoms with Gasteiger partial charge in [-0.3, -0.25) is 9.59 Å². The number of amides is 1. The molecule has 0 fully saturated rings. The summed E-state index contributed by atoms with van der Waals surface area (Å²) in [7, 11) is 1.54. The molecule has 156 valence electrons. The molecule has 2 aromatic carbocycles. The summed E-state index contributed by atoms with van der Waals surface area (Å²) in [6.07, 6.45) is 4.45. The number of nitrogens with one attached hydrogen (secondary N) is 1. The van der Waals surface area contributed by atoms with Crippen molar-refractivity contribution < 1.29 is 4.79 Å². The summed E-state index contributed by atoms with van der Waals surface area (Å²) < 4.78 is 3.39. The van der Waals surface area contributed by atoms with E-state index in [9.17, 15) is 9.59 Å². The molecule has 0 radical (unpaired) electrons. The van der Waals surface area contributed by atoms with Crippen LogP contribution < -0.4 is 10.9 Å². The fourth-order valence-electron chi connectivity index (χ4n) is 4.06. The molecule has 8 nitrogen and oxygen atoms in total. The number of aromatic nitrogens is 5. The summed E-state index contributed by atoms with van der Waals surface area (Å²) in [5.74, 6) is 1.54. The second-order valence-electron chi connectivity index (χ2n) is 7.76. The Bertz CT molecular complexity index is 1340. The molecule has 0 unspecified atom stereocenters. The van der Waals surface area contributed by atoms with E-state index in [-0.39, 0.29) is 17.2 Å².